The SMILES string of the molecule is COC1=C(c2ccccc2)C(=O)C(Br)(Cc2ccc(OC)cc2)OC1=O. The third-order valence-corrected chi connectivity index (χ3v) is 4.89. The third kappa shape index (κ3) is 3.37. The fourth-order valence-electron chi connectivity index (χ4n) is 2.81. The Hall–Kier alpha value is -2.60. The van der Waals surface area contributed by atoms with Gasteiger partial charge in [0.05, 0.1) is 19.8 Å². The van der Waals surface area contributed by atoms with E-state index in [9.17, 15) is 9.59 Å². The monoisotopic (exact) mass is 416 g/mol. The minimum Gasteiger partial charge on any atom is -0.497 e. The first-order chi connectivity index (χ1) is 12.5. The van der Waals surface area contributed by atoms with Crippen LogP contribution in [0.25, 0.3) is 5.57 Å². The average molecular weight is 417 g/mol. The maximum absolute atomic E-state index is 13.2. The lowest BCUT2D eigenvalue weighted by molar-refractivity contribution is -0.156. The molecule has 1 aliphatic rings. The predicted molar refractivity (Wildman–Crippen MR) is 99.8 cm³/mol. The van der Waals surface area contributed by atoms with Gasteiger partial charge in [-0.2, -0.15) is 0 Å². The zero-order chi connectivity index (χ0) is 18.7. The number of rotatable bonds is 5. The van der Waals surface area contributed by atoms with Gasteiger partial charge < -0.3 is 14.2 Å². The van der Waals surface area contributed by atoms with Crippen LogP contribution in [0.3, 0.4) is 0 Å². The molecule has 0 aromatic heterocycles. The summed E-state index contributed by atoms with van der Waals surface area (Å²) >= 11 is 3.35. The molecule has 2 aromatic carbocycles. The van der Waals surface area contributed by atoms with Gasteiger partial charge >= 0.3 is 5.97 Å². The maximum atomic E-state index is 13.2. The topological polar surface area (TPSA) is 61.8 Å². The van der Waals surface area contributed by atoms with Crippen LogP contribution in [0.5, 0.6) is 5.75 Å². The van der Waals surface area contributed by atoms with E-state index in [1.54, 1.807) is 43.5 Å². The van der Waals surface area contributed by atoms with Crippen molar-refractivity contribution in [2.45, 2.75) is 10.9 Å². The molecule has 5 nitrogen and oxygen atoms in total. The zero-order valence-electron chi connectivity index (χ0n) is 14.3. The van der Waals surface area contributed by atoms with Crippen LogP contribution in [-0.4, -0.2) is 30.5 Å². The van der Waals surface area contributed by atoms with Crippen LogP contribution >= 0.6 is 15.9 Å². The number of ketones is 1. The standard InChI is InChI=1S/C20H17BrO5/c1-24-15-10-8-13(9-11-15)12-20(21)18(22)16(14-6-4-3-5-7-14)17(25-2)19(23)26-20/h3-11H,12H2,1-2H3. The summed E-state index contributed by atoms with van der Waals surface area (Å²) in [4.78, 5) is 25.7. The summed E-state index contributed by atoms with van der Waals surface area (Å²) in [5.74, 6) is -0.436. The second-order valence-corrected chi connectivity index (χ2v) is 7.03. The Morgan fingerprint density at radius 3 is 2.19 bits per heavy atom. The highest BCUT2D eigenvalue weighted by Gasteiger charge is 2.48. The Morgan fingerprint density at radius 2 is 1.62 bits per heavy atom. The van der Waals surface area contributed by atoms with Gasteiger partial charge in [0, 0.05) is 6.42 Å². The molecule has 1 aliphatic heterocycles. The summed E-state index contributed by atoms with van der Waals surface area (Å²) < 4.78 is 14.2. The largest absolute Gasteiger partial charge is 0.497 e. The molecule has 0 fully saturated rings. The van der Waals surface area contributed by atoms with Gasteiger partial charge in [-0.25, -0.2) is 4.79 Å². The Bertz CT molecular complexity index is 858. The van der Waals surface area contributed by atoms with Gasteiger partial charge in [-0.3, -0.25) is 4.79 Å². The Labute approximate surface area is 159 Å². The van der Waals surface area contributed by atoms with Crippen molar-refractivity contribution in [1.29, 1.82) is 0 Å². The van der Waals surface area contributed by atoms with Gasteiger partial charge in [0.25, 0.3) is 0 Å². The lowest BCUT2D eigenvalue weighted by Crippen LogP contribution is -2.45. The normalized spacial score (nSPS) is 20.0. The van der Waals surface area contributed by atoms with Gasteiger partial charge in [-0.15, -0.1) is 0 Å². The number of esters is 1. The maximum Gasteiger partial charge on any atom is 0.376 e. The molecule has 3 rings (SSSR count). The van der Waals surface area contributed by atoms with E-state index in [4.69, 9.17) is 14.2 Å². The van der Waals surface area contributed by atoms with Crippen molar-refractivity contribution in [2.75, 3.05) is 14.2 Å². The van der Waals surface area contributed by atoms with Crippen LogP contribution in [0.1, 0.15) is 11.1 Å². The fourth-order valence-corrected chi connectivity index (χ4v) is 3.48. The minimum absolute atomic E-state index is 0.0917. The van der Waals surface area contributed by atoms with Crippen LogP contribution < -0.4 is 4.74 Å². The second kappa shape index (κ2) is 7.33. The van der Waals surface area contributed by atoms with Crippen molar-refractivity contribution < 1.29 is 23.8 Å². The van der Waals surface area contributed by atoms with Gasteiger partial charge in [0.1, 0.15) is 5.75 Å². The Balaban J connectivity index is 2.00. The Kier molecular flexibility index (Phi) is 5.13. The van der Waals surface area contributed by atoms with Crippen LogP contribution in [0.15, 0.2) is 60.4 Å². The number of ether oxygens (including phenoxy) is 3. The summed E-state index contributed by atoms with van der Waals surface area (Å²) in [6.45, 7) is 0. The molecule has 134 valence electrons. The average Bonchev–Trinajstić information content (AvgIpc) is 2.65. The molecule has 0 radical (unpaired) electrons. The van der Waals surface area contributed by atoms with Crippen LogP contribution in [-0.2, 0) is 25.5 Å². The Morgan fingerprint density at radius 1 is 0.962 bits per heavy atom. The summed E-state index contributed by atoms with van der Waals surface area (Å²) in [5.41, 5.74) is 1.62. The molecule has 0 bridgehead atoms. The zero-order valence-corrected chi connectivity index (χ0v) is 15.9. The van der Waals surface area contributed by atoms with Crippen LogP contribution in [0, 0.1) is 0 Å². The molecular formula is C20H17BrO5. The first-order valence-electron chi connectivity index (χ1n) is 7.92. The summed E-state index contributed by atoms with van der Waals surface area (Å²) in [7, 11) is 2.92. The van der Waals surface area contributed by atoms with Crippen molar-refractivity contribution >= 4 is 33.3 Å². The number of cyclic esters (lactones) is 1. The van der Waals surface area contributed by atoms with E-state index >= 15 is 0 Å². The number of methoxy groups -OCH3 is 2. The predicted octanol–water partition coefficient (Wildman–Crippen LogP) is 3.51. The molecule has 0 saturated carbocycles. The van der Waals surface area contributed by atoms with E-state index < -0.39 is 10.5 Å². The first-order valence-corrected chi connectivity index (χ1v) is 8.71. The molecule has 0 N–H and O–H groups in total. The number of halogens is 1. The van der Waals surface area contributed by atoms with Gasteiger partial charge in [0.2, 0.25) is 16.1 Å². The van der Waals surface area contributed by atoms with Gasteiger partial charge in [0.15, 0.2) is 0 Å². The van der Waals surface area contributed by atoms with Crippen molar-refractivity contribution in [3.8, 4) is 5.75 Å². The van der Waals surface area contributed by atoms with E-state index in [2.05, 4.69) is 15.9 Å². The highest BCUT2D eigenvalue weighted by molar-refractivity contribution is 9.10. The second-order valence-electron chi connectivity index (χ2n) is 5.75. The van der Waals surface area contributed by atoms with Crippen molar-refractivity contribution in [3.63, 3.8) is 0 Å². The smallest absolute Gasteiger partial charge is 0.376 e. The molecule has 1 atom stereocenters. The van der Waals surface area contributed by atoms with Crippen LogP contribution in [0.2, 0.25) is 0 Å². The van der Waals surface area contributed by atoms with Crippen molar-refractivity contribution in [2.24, 2.45) is 0 Å². The third-order valence-electron chi connectivity index (χ3n) is 4.09. The number of carbonyl (C=O) groups excluding carboxylic acids is 2. The highest BCUT2D eigenvalue weighted by Crippen LogP contribution is 2.39. The van der Waals surface area contributed by atoms with Crippen LogP contribution in [0.4, 0.5) is 0 Å². The molecule has 0 aliphatic carbocycles. The molecule has 2 aromatic rings. The minimum atomic E-state index is -1.49. The molecule has 1 heterocycles. The van der Waals surface area contributed by atoms with Gasteiger partial charge in [-0.1, -0.05) is 42.5 Å². The number of Topliss-reactive ketones (excluding diaryl/α,β-unsaturated/α-hetero) is 1. The first kappa shape index (κ1) is 18.2. The number of hydrogen-bond donors (Lipinski definition) is 0. The quantitative estimate of drug-likeness (QED) is 0.551. The van der Waals surface area contributed by atoms with Crippen molar-refractivity contribution in [1.82, 2.24) is 0 Å². The highest BCUT2D eigenvalue weighted by atomic mass is 79.9. The molecular weight excluding hydrogens is 400 g/mol. The number of benzene rings is 2. The molecule has 26 heavy (non-hydrogen) atoms. The van der Waals surface area contributed by atoms with Gasteiger partial charge in [-0.05, 0) is 39.2 Å². The van der Waals surface area contributed by atoms with E-state index in [1.165, 1.54) is 7.11 Å². The number of hydrogen-bond acceptors (Lipinski definition) is 5. The number of carbonyl (C=O) groups is 2. The molecule has 6 heteroatoms. The molecule has 0 spiro atoms. The van der Waals surface area contributed by atoms with E-state index in [0.29, 0.717) is 11.3 Å². The lowest BCUT2D eigenvalue weighted by atomic mass is 9.92. The molecule has 0 amide bonds. The van der Waals surface area contributed by atoms with E-state index in [-0.39, 0.29) is 23.5 Å². The van der Waals surface area contributed by atoms with E-state index in [1.807, 2.05) is 18.2 Å². The van der Waals surface area contributed by atoms with E-state index in [0.717, 1.165) is 5.56 Å². The summed E-state index contributed by atoms with van der Waals surface area (Å²) in [5, 5.41) is 0. The summed E-state index contributed by atoms with van der Waals surface area (Å²) in [6, 6.07) is 16.1. The lowest BCUT2D eigenvalue weighted by Gasteiger charge is -2.32. The van der Waals surface area contributed by atoms with Crippen molar-refractivity contribution in [3.05, 3.63) is 71.5 Å². The fraction of sp³-hybridized carbons (Fsp3) is 0.200. The molecule has 0 saturated heterocycles. The number of alkyl halides is 1. The summed E-state index contributed by atoms with van der Waals surface area (Å²) in [6.07, 6.45) is 0.175. The molecule has 1 unspecified atom stereocenters.